The van der Waals surface area contributed by atoms with E-state index in [1.165, 1.54) is 0 Å². The van der Waals surface area contributed by atoms with Crippen molar-refractivity contribution in [1.29, 1.82) is 0 Å². The Balaban J connectivity index is 0.000000413. The van der Waals surface area contributed by atoms with Crippen LogP contribution in [0.2, 0.25) is 0 Å². The van der Waals surface area contributed by atoms with E-state index in [1.54, 1.807) is 6.20 Å². The first kappa shape index (κ1) is 40.0. The van der Waals surface area contributed by atoms with Gasteiger partial charge in [-0.1, -0.05) is 12.1 Å². The Morgan fingerprint density at radius 3 is 1.89 bits per heavy atom. The molecule has 0 spiro atoms. The minimum atomic E-state index is -5.08. The molecule has 0 amide bonds. The average Bonchev–Trinajstić information content (AvgIpc) is 3.25. The van der Waals surface area contributed by atoms with Crippen molar-refractivity contribution in [3.63, 3.8) is 0 Å². The monoisotopic (exact) mass is 681 g/mol. The van der Waals surface area contributed by atoms with E-state index < -0.39 is 36.4 Å². The molecule has 3 heterocycles. The van der Waals surface area contributed by atoms with Crippen molar-refractivity contribution in [3.8, 4) is 0 Å². The van der Waals surface area contributed by atoms with Gasteiger partial charge in [-0.3, -0.25) is 14.9 Å². The highest BCUT2D eigenvalue weighted by atomic mass is 19.4. The lowest BCUT2D eigenvalue weighted by Gasteiger charge is -2.31. The number of pyridine rings is 2. The zero-order chi connectivity index (χ0) is 35.3. The van der Waals surface area contributed by atoms with Crippen LogP contribution in [0.5, 0.6) is 0 Å². The van der Waals surface area contributed by atoms with Crippen molar-refractivity contribution >= 4 is 17.9 Å². The summed E-state index contributed by atoms with van der Waals surface area (Å²) < 4.78 is 108. The van der Waals surface area contributed by atoms with E-state index in [4.69, 9.17) is 39.2 Å². The zero-order valence-electron chi connectivity index (χ0n) is 23.6. The number of hydrogen-bond donors (Lipinski definition) is 3. The average molecular weight is 682 g/mol. The molecule has 2 aliphatic rings. The van der Waals surface area contributed by atoms with Crippen molar-refractivity contribution in [2.24, 2.45) is 0 Å². The molecule has 1 aliphatic carbocycles. The van der Waals surface area contributed by atoms with E-state index in [9.17, 15) is 39.5 Å². The standard InChI is InChI=1S/C20H25N3O2.3C2HF3O2/c1-15-4-2-6-17(22-15)13-23-10-11-24-19-8-7-18(23)20(19)25-14-16-5-3-9-21-12-16;3*3-2(4,5)1(6)7/h2-6,9,12,18-20H,7-8,10-11,13-14H2,1H3;3*(H,6,7). The molecule has 3 unspecified atom stereocenters. The summed E-state index contributed by atoms with van der Waals surface area (Å²) in [5.41, 5.74) is 3.30. The topological polar surface area (TPSA) is 159 Å². The van der Waals surface area contributed by atoms with E-state index in [0.29, 0.717) is 12.6 Å². The van der Waals surface area contributed by atoms with Gasteiger partial charge < -0.3 is 24.8 Å². The number of carboxylic acid groups (broad SMARTS) is 3. The third-order valence-corrected chi connectivity index (χ3v) is 5.88. The minimum absolute atomic E-state index is 0.118. The number of halogens is 9. The van der Waals surface area contributed by atoms with Gasteiger partial charge in [-0.15, -0.1) is 0 Å². The number of carboxylic acids is 3. The molecule has 0 aromatic carbocycles. The number of aromatic nitrogens is 2. The molecule has 1 aliphatic heterocycles. The first-order valence-corrected chi connectivity index (χ1v) is 12.8. The third kappa shape index (κ3) is 14.8. The molecule has 2 bridgehead atoms. The van der Waals surface area contributed by atoms with Gasteiger partial charge in [0.15, 0.2) is 0 Å². The molecule has 258 valence electrons. The number of fused-ring (bicyclic) bond motifs is 2. The Kier molecular flexibility index (Phi) is 15.3. The highest BCUT2D eigenvalue weighted by Gasteiger charge is 2.43. The second kappa shape index (κ2) is 17.6. The Labute approximate surface area is 254 Å². The highest BCUT2D eigenvalue weighted by molar-refractivity contribution is 5.73. The van der Waals surface area contributed by atoms with Gasteiger partial charge >= 0.3 is 36.4 Å². The first-order valence-electron chi connectivity index (χ1n) is 12.8. The van der Waals surface area contributed by atoms with Crippen LogP contribution in [0.15, 0.2) is 42.7 Å². The first-order chi connectivity index (χ1) is 21.1. The van der Waals surface area contributed by atoms with Crippen LogP contribution < -0.4 is 0 Å². The van der Waals surface area contributed by atoms with E-state index in [-0.39, 0.29) is 12.2 Å². The van der Waals surface area contributed by atoms with Gasteiger partial charge in [0.2, 0.25) is 0 Å². The quantitative estimate of drug-likeness (QED) is 0.378. The predicted octanol–water partition coefficient (Wildman–Crippen LogP) is 4.63. The van der Waals surface area contributed by atoms with Gasteiger partial charge in [0, 0.05) is 37.2 Å². The maximum Gasteiger partial charge on any atom is 0.490 e. The normalized spacial score (nSPS) is 19.6. The maximum absolute atomic E-state index is 10.6. The number of aryl methyl sites for hydroxylation is 1. The molecule has 11 nitrogen and oxygen atoms in total. The molecular formula is C26H28F9N3O8. The van der Waals surface area contributed by atoms with Crippen LogP contribution in [-0.2, 0) is 37.0 Å². The van der Waals surface area contributed by atoms with Gasteiger partial charge in [-0.2, -0.15) is 39.5 Å². The second-order valence-corrected chi connectivity index (χ2v) is 9.34. The van der Waals surface area contributed by atoms with Gasteiger partial charge in [0.25, 0.3) is 0 Å². The van der Waals surface area contributed by atoms with E-state index in [1.807, 2.05) is 25.3 Å². The van der Waals surface area contributed by atoms with Crippen molar-refractivity contribution in [3.05, 3.63) is 59.7 Å². The number of rotatable bonds is 5. The number of alkyl halides is 9. The van der Waals surface area contributed by atoms with Crippen LogP contribution in [0.3, 0.4) is 0 Å². The molecule has 1 saturated carbocycles. The molecule has 20 heteroatoms. The number of carbonyl (C=O) groups is 3. The molecule has 4 rings (SSSR count). The summed E-state index contributed by atoms with van der Waals surface area (Å²) in [6.45, 7) is 5.18. The van der Waals surface area contributed by atoms with Crippen molar-refractivity contribution in [2.45, 2.75) is 69.7 Å². The van der Waals surface area contributed by atoms with Gasteiger partial charge in [0.05, 0.1) is 31.1 Å². The fourth-order valence-electron chi connectivity index (χ4n) is 3.95. The lowest BCUT2D eigenvalue weighted by Crippen LogP contribution is -2.42. The van der Waals surface area contributed by atoms with Gasteiger partial charge in [0.1, 0.15) is 0 Å². The van der Waals surface area contributed by atoms with Crippen LogP contribution in [0, 0.1) is 6.92 Å². The lowest BCUT2D eigenvalue weighted by atomic mass is 10.1. The Morgan fingerprint density at radius 1 is 0.891 bits per heavy atom. The van der Waals surface area contributed by atoms with Crippen molar-refractivity contribution < 1.29 is 78.7 Å². The van der Waals surface area contributed by atoms with Crippen molar-refractivity contribution in [2.75, 3.05) is 13.2 Å². The zero-order valence-corrected chi connectivity index (χ0v) is 23.6. The SMILES string of the molecule is Cc1cccc(CN2CCOC3CCC2C3OCc2cccnc2)n1.O=C(O)C(F)(F)F.O=C(O)C(F)(F)F.O=C(O)C(F)(F)F. The van der Waals surface area contributed by atoms with Crippen LogP contribution >= 0.6 is 0 Å². The van der Waals surface area contributed by atoms with Crippen LogP contribution in [0.1, 0.15) is 29.8 Å². The molecule has 0 radical (unpaired) electrons. The van der Waals surface area contributed by atoms with Gasteiger partial charge in [-0.25, -0.2) is 14.4 Å². The van der Waals surface area contributed by atoms with E-state index in [2.05, 4.69) is 33.1 Å². The fourth-order valence-corrected chi connectivity index (χ4v) is 3.95. The molecule has 2 fully saturated rings. The minimum Gasteiger partial charge on any atom is -0.475 e. The molecular weight excluding hydrogens is 653 g/mol. The maximum atomic E-state index is 10.6. The Morgan fingerprint density at radius 2 is 1.43 bits per heavy atom. The number of aliphatic carboxylic acids is 3. The van der Waals surface area contributed by atoms with Gasteiger partial charge in [-0.05, 0) is 43.5 Å². The molecule has 2 aromatic heterocycles. The summed E-state index contributed by atoms with van der Waals surface area (Å²) in [6, 6.07) is 10.6. The summed E-state index contributed by atoms with van der Waals surface area (Å²) >= 11 is 0. The van der Waals surface area contributed by atoms with Crippen molar-refractivity contribution in [1.82, 2.24) is 14.9 Å². The molecule has 1 saturated heterocycles. The predicted molar refractivity (Wildman–Crippen MR) is 136 cm³/mol. The number of nitrogens with zero attached hydrogens (tertiary/aromatic N) is 3. The van der Waals surface area contributed by atoms with Crippen LogP contribution in [0.25, 0.3) is 0 Å². The second-order valence-electron chi connectivity index (χ2n) is 9.34. The Hall–Kier alpha value is -4.04. The fraction of sp³-hybridized carbons (Fsp3) is 0.500. The summed E-state index contributed by atoms with van der Waals surface area (Å²) in [5.74, 6) is -8.27. The largest absolute Gasteiger partial charge is 0.490 e. The number of ether oxygens (including phenoxy) is 2. The lowest BCUT2D eigenvalue weighted by molar-refractivity contribution is -0.193. The summed E-state index contributed by atoms with van der Waals surface area (Å²) in [4.78, 5) is 38.0. The summed E-state index contributed by atoms with van der Waals surface area (Å²) in [5, 5.41) is 21.4. The summed E-state index contributed by atoms with van der Waals surface area (Å²) in [7, 11) is 0. The van der Waals surface area contributed by atoms with Crippen LogP contribution in [-0.4, -0.2) is 98.0 Å². The highest BCUT2D eigenvalue weighted by Crippen LogP contribution is 2.33. The number of hydrogen-bond acceptors (Lipinski definition) is 8. The molecule has 46 heavy (non-hydrogen) atoms. The molecule has 2 aromatic rings. The smallest absolute Gasteiger partial charge is 0.475 e. The molecule has 3 atom stereocenters. The summed E-state index contributed by atoms with van der Waals surface area (Å²) in [6.07, 6.45) is -9.08. The third-order valence-electron chi connectivity index (χ3n) is 5.88. The Bertz CT molecular complexity index is 1200. The van der Waals surface area contributed by atoms with Crippen LogP contribution in [0.4, 0.5) is 39.5 Å². The van der Waals surface area contributed by atoms with E-state index in [0.717, 1.165) is 49.5 Å². The molecule has 3 N–H and O–H groups in total. The van der Waals surface area contributed by atoms with E-state index >= 15 is 0 Å².